The van der Waals surface area contributed by atoms with Gasteiger partial charge in [0.05, 0.1) is 0 Å². The number of benzene rings is 1. The summed E-state index contributed by atoms with van der Waals surface area (Å²) in [5.41, 5.74) is -0.941. The third kappa shape index (κ3) is 3.41. The molecule has 1 atom stereocenters. The Morgan fingerprint density at radius 2 is 1.85 bits per heavy atom. The van der Waals surface area contributed by atoms with E-state index in [0.717, 1.165) is 25.0 Å². The standard InChI is InChI=1S/C13H14F3NO3/c1-12(11(18)19,17-9-4-5-9)8-2-6-10(7-3-8)20-13(14,15)16/h2-3,6-7,9,17H,4-5H2,1H3,(H,18,19). The first-order valence-corrected chi connectivity index (χ1v) is 6.08. The van der Waals surface area contributed by atoms with E-state index in [0.29, 0.717) is 5.56 Å². The van der Waals surface area contributed by atoms with Gasteiger partial charge in [0.2, 0.25) is 0 Å². The van der Waals surface area contributed by atoms with Crippen molar-refractivity contribution in [1.82, 2.24) is 5.32 Å². The number of carboxylic acid groups (broad SMARTS) is 1. The average Bonchev–Trinajstić information content (AvgIpc) is 3.11. The van der Waals surface area contributed by atoms with E-state index in [2.05, 4.69) is 10.1 Å². The molecule has 4 nitrogen and oxygen atoms in total. The van der Waals surface area contributed by atoms with E-state index in [1.165, 1.54) is 19.1 Å². The summed E-state index contributed by atoms with van der Waals surface area (Å²) >= 11 is 0. The van der Waals surface area contributed by atoms with Gasteiger partial charge in [-0.3, -0.25) is 5.32 Å². The molecule has 0 saturated heterocycles. The van der Waals surface area contributed by atoms with E-state index in [-0.39, 0.29) is 11.8 Å². The predicted molar refractivity (Wildman–Crippen MR) is 64.3 cm³/mol. The highest BCUT2D eigenvalue weighted by Crippen LogP contribution is 2.30. The molecule has 0 aromatic heterocycles. The first-order valence-electron chi connectivity index (χ1n) is 6.08. The number of carboxylic acids is 1. The molecule has 0 heterocycles. The summed E-state index contributed by atoms with van der Waals surface area (Å²) in [6, 6.07) is 5.01. The van der Waals surface area contributed by atoms with Crippen molar-refractivity contribution >= 4 is 5.97 Å². The van der Waals surface area contributed by atoms with Crippen molar-refractivity contribution in [3.05, 3.63) is 29.8 Å². The van der Waals surface area contributed by atoms with Gasteiger partial charge in [-0.1, -0.05) is 12.1 Å². The SMILES string of the molecule is CC(NC1CC1)(C(=O)O)c1ccc(OC(F)(F)F)cc1. The maximum absolute atomic E-state index is 12.1. The van der Waals surface area contributed by atoms with Crippen molar-refractivity contribution in [3.63, 3.8) is 0 Å². The zero-order chi connectivity index (χ0) is 15.0. The number of ether oxygens (including phenoxy) is 1. The Hall–Kier alpha value is -1.76. The second kappa shape index (κ2) is 4.97. The lowest BCUT2D eigenvalue weighted by molar-refractivity contribution is -0.274. The summed E-state index contributed by atoms with van der Waals surface area (Å²) in [6.07, 6.45) is -2.96. The lowest BCUT2D eigenvalue weighted by atomic mass is 9.92. The van der Waals surface area contributed by atoms with Gasteiger partial charge >= 0.3 is 12.3 Å². The highest BCUT2D eigenvalue weighted by Gasteiger charge is 2.40. The molecule has 1 aromatic rings. The molecule has 1 fully saturated rings. The molecule has 1 aromatic carbocycles. The predicted octanol–water partition coefficient (Wildman–Crippen LogP) is 2.64. The Balaban J connectivity index is 2.19. The van der Waals surface area contributed by atoms with Gasteiger partial charge in [0.1, 0.15) is 11.3 Å². The number of aliphatic carboxylic acids is 1. The molecule has 1 aliphatic rings. The van der Waals surface area contributed by atoms with Crippen LogP contribution >= 0.6 is 0 Å². The molecule has 0 aliphatic heterocycles. The number of nitrogens with one attached hydrogen (secondary N) is 1. The quantitative estimate of drug-likeness (QED) is 0.875. The van der Waals surface area contributed by atoms with Gasteiger partial charge in [-0.2, -0.15) is 0 Å². The van der Waals surface area contributed by atoms with Gasteiger partial charge in [-0.05, 0) is 37.5 Å². The van der Waals surface area contributed by atoms with Gasteiger partial charge in [0.15, 0.2) is 0 Å². The summed E-state index contributed by atoms with van der Waals surface area (Å²) in [4.78, 5) is 11.4. The number of halogens is 3. The maximum Gasteiger partial charge on any atom is 0.573 e. The molecule has 0 spiro atoms. The fourth-order valence-corrected chi connectivity index (χ4v) is 1.89. The molecular weight excluding hydrogens is 275 g/mol. The Bertz CT molecular complexity index is 497. The summed E-state index contributed by atoms with van der Waals surface area (Å²) in [5.74, 6) is -1.45. The zero-order valence-electron chi connectivity index (χ0n) is 10.7. The van der Waals surface area contributed by atoms with Crippen LogP contribution in [0.3, 0.4) is 0 Å². The highest BCUT2D eigenvalue weighted by atomic mass is 19.4. The monoisotopic (exact) mass is 289 g/mol. The first-order chi connectivity index (χ1) is 9.21. The van der Waals surface area contributed by atoms with Crippen LogP contribution in [0.25, 0.3) is 0 Å². The van der Waals surface area contributed by atoms with Crippen LogP contribution in [-0.2, 0) is 10.3 Å². The first kappa shape index (κ1) is 14.6. The summed E-state index contributed by atoms with van der Waals surface area (Å²) < 4.78 is 39.9. The molecule has 0 bridgehead atoms. The van der Waals surface area contributed by atoms with E-state index < -0.39 is 17.9 Å². The maximum atomic E-state index is 12.1. The largest absolute Gasteiger partial charge is 0.573 e. The number of rotatable bonds is 5. The highest BCUT2D eigenvalue weighted by molar-refractivity contribution is 5.80. The minimum Gasteiger partial charge on any atom is -0.480 e. The van der Waals surface area contributed by atoms with Crippen molar-refractivity contribution in [2.45, 2.75) is 37.7 Å². The van der Waals surface area contributed by atoms with Gasteiger partial charge in [0.25, 0.3) is 0 Å². The summed E-state index contributed by atoms with van der Waals surface area (Å²) in [6.45, 7) is 1.49. The van der Waals surface area contributed by atoms with Crippen LogP contribution in [0.15, 0.2) is 24.3 Å². The molecule has 0 radical (unpaired) electrons. The third-order valence-electron chi connectivity index (χ3n) is 3.16. The lowest BCUT2D eigenvalue weighted by Crippen LogP contribution is -2.47. The lowest BCUT2D eigenvalue weighted by Gasteiger charge is -2.27. The molecule has 1 aliphatic carbocycles. The molecule has 0 amide bonds. The molecule has 7 heteroatoms. The van der Waals surface area contributed by atoms with E-state index >= 15 is 0 Å². The molecule has 1 saturated carbocycles. The smallest absolute Gasteiger partial charge is 0.480 e. The van der Waals surface area contributed by atoms with Crippen molar-refractivity contribution in [2.75, 3.05) is 0 Å². The van der Waals surface area contributed by atoms with Gasteiger partial charge < -0.3 is 9.84 Å². The van der Waals surface area contributed by atoms with Gasteiger partial charge in [-0.25, -0.2) is 4.79 Å². The minimum atomic E-state index is -4.76. The fraction of sp³-hybridized carbons (Fsp3) is 0.462. The van der Waals surface area contributed by atoms with Crippen LogP contribution < -0.4 is 10.1 Å². The Labute approximate surface area is 113 Å². The van der Waals surface area contributed by atoms with Crippen LogP contribution in [0.1, 0.15) is 25.3 Å². The fourth-order valence-electron chi connectivity index (χ4n) is 1.89. The van der Waals surface area contributed by atoms with Crippen molar-refractivity contribution in [3.8, 4) is 5.75 Å². The molecular formula is C13H14F3NO3. The Kier molecular flexibility index (Phi) is 3.64. The van der Waals surface area contributed by atoms with Crippen LogP contribution in [-0.4, -0.2) is 23.5 Å². The van der Waals surface area contributed by atoms with Crippen molar-refractivity contribution in [2.24, 2.45) is 0 Å². The third-order valence-corrected chi connectivity index (χ3v) is 3.16. The van der Waals surface area contributed by atoms with Crippen LogP contribution in [0.4, 0.5) is 13.2 Å². The Morgan fingerprint density at radius 1 is 1.30 bits per heavy atom. The van der Waals surface area contributed by atoms with Crippen molar-refractivity contribution < 1.29 is 27.8 Å². The normalized spacial score (nSPS) is 18.4. The molecule has 2 N–H and O–H groups in total. The molecule has 110 valence electrons. The second-order valence-electron chi connectivity index (χ2n) is 4.92. The van der Waals surface area contributed by atoms with E-state index in [1.807, 2.05) is 0 Å². The summed E-state index contributed by atoms with van der Waals surface area (Å²) in [7, 11) is 0. The van der Waals surface area contributed by atoms with Crippen LogP contribution in [0.5, 0.6) is 5.75 Å². The van der Waals surface area contributed by atoms with Crippen molar-refractivity contribution in [1.29, 1.82) is 0 Å². The van der Waals surface area contributed by atoms with Crippen LogP contribution in [0, 0.1) is 0 Å². The topological polar surface area (TPSA) is 58.6 Å². The van der Waals surface area contributed by atoms with Gasteiger partial charge in [-0.15, -0.1) is 13.2 Å². The number of alkyl halides is 3. The van der Waals surface area contributed by atoms with E-state index in [1.54, 1.807) is 0 Å². The van der Waals surface area contributed by atoms with E-state index in [4.69, 9.17) is 0 Å². The molecule has 2 rings (SSSR count). The minimum absolute atomic E-state index is 0.141. The number of hydrogen-bond donors (Lipinski definition) is 2. The summed E-state index contributed by atoms with van der Waals surface area (Å²) in [5, 5.41) is 12.3. The zero-order valence-corrected chi connectivity index (χ0v) is 10.7. The van der Waals surface area contributed by atoms with E-state index in [9.17, 15) is 23.1 Å². The number of carbonyl (C=O) groups is 1. The molecule has 20 heavy (non-hydrogen) atoms. The Morgan fingerprint density at radius 3 is 2.25 bits per heavy atom. The van der Waals surface area contributed by atoms with Crippen LogP contribution in [0.2, 0.25) is 0 Å². The average molecular weight is 289 g/mol. The second-order valence-corrected chi connectivity index (χ2v) is 4.92. The molecule has 1 unspecified atom stereocenters. The van der Waals surface area contributed by atoms with Gasteiger partial charge in [0, 0.05) is 6.04 Å². The number of hydrogen-bond acceptors (Lipinski definition) is 3.